The van der Waals surface area contributed by atoms with Gasteiger partial charge in [0, 0.05) is 26.7 Å². The molecule has 1 atom stereocenters. The van der Waals surface area contributed by atoms with E-state index in [9.17, 15) is 4.79 Å². The minimum absolute atomic E-state index is 0.0451. The summed E-state index contributed by atoms with van der Waals surface area (Å²) in [6, 6.07) is 10.9. The Bertz CT molecular complexity index is 592. The monoisotopic (exact) mass is 343 g/mol. The lowest BCUT2D eigenvalue weighted by molar-refractivity contribution is -0.0522. The van der Waals surface area contributed by atoms with Crippen molar-refractivity contribution in [2.24, 2.45) is 5.92 Å². The molecule has 1 spiro atoms. The van der Waals surface area contributed by atoms with E-state index in [-0.39, 0.29) is 11.6 Å². The summed E-state index contributed by atoms with van der Waals surface area (Å²) in [5.74, 6) is 1.16. The molecule has 2 saturated heterocycles. The summed E-state index contributed by atoms with van der Waals surface area (Å²) in [6.07, 6.45) is 5.53. The molecule has 5 heteroatoms. The molecule has 3 aliphatic rings. The Morgan fingerprint density at radius 1 is 1.24 bits per heavy atom. The molecule has 1 N–H and O–H groups in total. The van der Waals surface area contributed by atoms with Crippen LogP contribution in [0.2, 0.25) is 0 Å². The summed E-state index contributed by atoms with van der Waals surface area (Å²) in [5.41, 5.74) is 1.40. The molecule has 1 aromatic carbocycles. The average molecular weight is 343 g/mol. The zero-order valence-corrected chi connectivity index (χ0v) is 15.1. The minimum Gasteiger partial charge on any atom is -0.381 e. The third kappa shape index (κ3) is 3.27. The van der Waals surface area contributed by atoms with Crippen molar-refractivity contribution in [3.05, 3.63) is 35.9 Å². The maximum atomic E-state index is 12.6. The number of benzene rings is 1. The SMILES string of the molecule is CN(CC1CCOC1)N1C(=O)NCC12CCC(c1ccccc1)CC2. The molecule has 1 aliphatic carbocycles. The Kier molecular flexibility index (Phi) is 4.69. The van der Waals surface area contributed by atoms with Gasteiger partial charge in [0.15, 0.2) is 0 Å². The first-order valence-corrected chi connectivity index (χ1v) is 9.60. The van der Waals surface area contributed by atoms with Gasteiger partial charge in [0.2, 0.25) is 0 Å². The van der Waals surface area contributed by atoms with Crippen LogP contribution in [0.3, 0.4) is 0 Å². The lowest BCUT2D eigenvalue weighted by atomic mass is 9.74. The second kappa shape index (κ2) is 6.96. The smallest absolute Gasteiger partial charge is 0.332 e. The van der Waals surface area contributed by atoms with Gasteiger partial charge in [-0.3, -0.25) is 0 Å². The van der Waals surface area contributed by atoms with Crippen LogP contribution in [0.15, 0.2) is 30.3 Å². The fourth-order valence-electron chi connectivity index (χ4n) is 4.91. The standard InChI is InChI=1S/C20H29N3O2/c1-22(13-16-9-12-25-14-16)23-19(24)21-15-20(23)10-7-18(8-11-20)17-5-3-2-4-6-17/h2-6,16,18H,7-15H2,1H3,(H,21,24). The molecule has 1 aromatic rings. The third-order valence-electron chi connectivity index (χ3n) is 6.29. The lowest BCUT2D eigenvalue weighted by Crippen LogP contribution is -2.57. The van der Waals surface area contributed by atoms with E-state index >= 15 is 0 Å². The van der Waals surface area contributed by atoms with Crippen LogP contribution < -0.4 is 5.32 Å². The van der Waals surface area contributed by atoms with E-state index in [1.165, 1.54) is 5.56 Å². The Hall–Kier alpha value is -1.59. The van der Waals surface area contributed by atoms with Crippen molar-refractivity contribution in [3.8, 4) is 0 Å². The molecule has 2 aliphatic heterocycles. The lowest BCUT2D eigenvalue weighted by Gasteiger charge is -2.46. The molecular formula is C20H29N3O2. The number of urea groups is 1. The van der Waals surface area contributed by atoms with Crippen LogP contribution in [-0.4, -0.2) is 54.9 Å². The predicted molar refractivity (Wildman–Crippen MR) is 97.2 cm³/mol. The minimum atomic E-state index is -0.0451. The maximum Gasteiger partial charge on any atom is 0.332 e. The number of hydrazine groups is 1. The van der Waals surface area contributed by atoms with Crippen LogP contribution in [0.4, 0.5) is 4.79 Å². The van der Waals surface area contributed by atoms with E-state index in [2.05, 4.69) is 47.7 Å². The number of hydrogen-bond acceptors (Lipinski definition) is 3. The van der Waals surface area contributed by atoms with Gasteiger partial charge in [0.1, 0.15) is 0 Å². The maximum absolute atomic E-state index is 12.6. The predicted octanol–water partition coefficient (Wildman–Crippen LogP) is 2.99. The Balaban J connectivity index is 1.44. The van der Waals surface area contributed by atoms with Gasteiger partial charge in [-0.05, 0) is 49.5 Å². The first-order chi connectivity index (χ1) is 12.2. The fraction of sp³-hybridized carbons (Fsp3) is 0.650. The summed E-state index contributed by atoms with van der Waals surface area (Å²) in [7, 11) is 2.06. The van der Waals surface area contributed by atoms with Crippen LogP contribution in [0.1, 0.15) is 43.6 Å². The summed E-state index contributed by atoms with van der Waals surface area (Å²) in [6.45, 7) is 3.35. The van der Waals surface area contributed by atoms with Crippen LogP contribution >= 0.6 is 0 Å². The van der Waals surface area contributed by atoms with Crippen molar-refractivity contribution in [1.29, 1.82) is 0 Å². The second-order valence-electron chi connectivity index (χ2n) is 7.95. The average Bonchev–Trinajstić information content (AvgIpc) is 3.25. The Labute approximate surface area is 150 Å². The zero-order valence-electron chi connectivity index (χ0n) is 15.1. The summed E-state index contributed by atoms with van der Waals surface area (Å²) < 4.78 is 5.50. The molecule has 5 nitrogen and oxygen atoms in total. The van der Waals surface area contributed by atoms with Gasteiger partial charge in [-0.25, -0.2) is 14.8 Å². The number of ether oxygens (including phenoxy) is 1. The van der Waals surface area contributed by atoms with Crippen molar-refractivity contribution < 1.29 is 9.53 Å². The molecule has 3 fully saturated rings. The van der Waals surface area contributed by atoms with Crippen molar-refractivity contribution in [1.82, 2.24) is 15.3 Å². The molecule has 2 heterocycles. The van der Waals surface area contributed by atoms with Gasteiger partial charge in [0.25, 0.3) is 0 Å². The van der Waals surface area contributed by atoms with E-state index in [0.717, 1.165) is 58.4 Å². The normalized spacial score (nSPS) is 32.6. The van der Waals surface area contributed by atoms with E-state index in [0.29, 0.717) is 11.8 Å². The van der Waals surface area contributed by atoms with Crippen LogP contribution in [0.25, 0.3) is 0 Å². The largest absolute Gasteiger partial charge is 0.381 e. The molecule has 136 valence electrons. The van der Waals surface area contributed by atoms with Gasteiger partial charge in [-0.15, -0.1) is 0 Å². The number of nitrogens with one attached hydrogen (secondary N) is 1. The quantitative estimate of drug-likeness (QED) is 0.914. The molecule has 2 amide bonds. The molecular weight excluding hydrogens is 314 g/mol. The molecule has 4 rings (SSSR count). The van der Waals surface area contributed by atoms with E-state index in [1.54, 1.807) is 0 Å². The van der Waals surface area contributed by atoms with E-state index in [4.69, 9.17) is 4.74 Å². The van der Waals surface area contributed by atoms with Gasteiger partial charge in [-0.2, -0.15) is 0 Å². The molecule has 0 aromatic heterocycles. The third-order valence-corrected chi connectivity index (χ3v) is 6.29. The Morgan fingerprint density at radius 2 is 2.00 bits per heavy atom. The van der Waals surface area contributed by atoms with Crippen molar-refractivity contribution >= 4 is 6.03 Å². The first-order valence-electron chi connectivity index (χ1n) is 9.60. The summed E-state index contributed by atoms with van der Waals surface area (Å²) >= 11 is 0. The number of amides is 2. The topological polar surface area (TPSA) is 44.8 Å². The van der Waals surface area contributed by atoms with Crippen LogP contribution in [0, 0.1) is 5.92 Å². The summed E-state index contributed by atoms with van der Waals surface area (Å²) in [4.78, 5) is 12.6. The molecule has 1 unspecified atom stereocenters. The number of hydrogen-bond donors (Lipinski definition) is 1. The van der Waals surface area contributed by atoms with Crippen molar-refractivity contribution in [2.45, 2.75) is 43.6 Å². The highest BCUT2D eigenvalue weighted by Gasteiger charge is 2.49. The number of carbonyl (C=O) groups excluding carboxylic acids is 1. The van der Waals surface area contributed by atoms with Crippen LogP contribution in [0.5, 0.6) is 0 Å². The van der Waals surface area contributed by atoms with Crippen LogP contribution in [-0.2, 0) is 4.74 Å². The highest BCUT2D eigenvalue weighted by molar-refractivity contribution is 5.77. The van der Waals surface area contributed by atoms with Gasteiger partial charge in [0.05, 0.1) is 12.1 Å². The summed E-state index contributed by atoms with van der Waals surface area (Å²) in [5, 5.41) is 7.30. The molecule has 0 bridgehead atoms. The van der Waals surface area contributed by atoms with Crippen molar-refractivity contribution in [3.63, 3.8) is 0 Å². The van der Waals surface area contributed by atoms with Crippen molar-refractivity contribution in [2.75, 3.05) is 33.4 Å². The van der Waals surface area contributed by atoms with Gasteiger partial charge < -0.3 is 10.1 Å². The molecule has 0 radical (unpaired) electrons. The number of nitrogens with zero attached hydrogens (tertiary/aromatic N) is 2. The van der Waals surface area contributed by atoms with E-state index in [1.807, 2.05) is 5.01 Å². The highest BCUT2D eigenvalue weighted by Crippen LogP contribution is 2.43. The fourth-order valence-corrected chi connectivity index (χ4v) is 4.91. The second-order valence-corrected chi connectivity index (χ2v) is 7.95. The Morgan fingerprint density at radius 3 is 2.68 bits per heavy atom. The molecule has 1 saturated carbocycles. The molecule has 25 heavy (non-hydrogen) atoms. The number of carbonyl (C=O) groups is 1. The number of rotatable bonds is 4. The van der Waals surface area contributed by atoms with E-state index < -0.39 is 0 Å². The van der Waals surface area contributed by atoms with Gasteiger partial charge >= 0.3 is 6.03 Å². The first kappa shape index (κ1) is 16.9. The van der Waals surface area contributed by atoms with Gasteiger partial charge in [-0.1, -0.05) is 30.3 Å². The highest BCUT2D eigenvalue weighted by atomic mass is 16.5. The zero-order chi connectivity index (χ0) is 17.3.